The predicted octanol–water partition coefficient (Wildman–Crippen LogP) is 2.69. The molecule has 0 fully saturated rings. The fourth-order valence-corrected chi connectivity index (χ4v) is 1.63. The van der Waals surface area contributed by atoms with E-state index >= 15 is 0 Å². The zero-order valence-electron chi connectivity index (χ0n) is 10.8. The van der Waals surface area contributed by atoms with Gasteiger partial charge in [0, 0.05) is 11.1 Å². The minimum Gasteiger partial charge on any atom is -0.508 e. The van der Waals surface area contributed by atoms with Crippen LogP contribution in [0.15, 0.2) is 53.6 Å². The van der Waals surface area contributed by atoms with E-state index in [2.05, 4.69) is 10.5 Å². The number of nitrogens with zero attached hydrogens (tertiary/aromatic N) is 1. The van der Waals surface area contributed by atoms with Gasteiger partial charge < -0.3 is 5.11 Å². The Balaban J connectivity index is 2.11. The van der Waals surface area contributed by atoms with Gasteiger partial charge in [-0.15, -0.1) is 0 Å². The largest absolute Gasteiger partial charge is 0.508 e. The van der Waals surface area contributed by atoms with E-state index in [1.54, 1.807) is 25.1 Å². The molecule has 0 unspecified atom stereocenters. The molecule has 1 amide bonds. The number of hydrazone groups is 1. The third-order valence-electron chi connectivity index (χ3n) is 2.72. The third-order valence-corrected chi connectivity index (χ3v) is 2.72. The smallest absolute Gasteiger partial charge is 0.271 e. The van der Waals surface area contributed by atoms with E-state index in [0.29, 0.717) is 16.8 Å². The summed E-state index contributed by atoms with van der Waals surface area (Å²) >= 11 is 0. The molecule has 2 aromatic carbocycles. The number of halogens is 1. The Labute approximate surface area is 115 Å². The minimum absolute atomic E-state index is 0.0765. The lowest BCUT2D eigenvalue weighted by molar-refractivity contribution is 0.0955. The molecule has 20 heavy (non-hydrogen) atoms. The molecular formula is C15H13FN2O2. The van der Waals surface area contributed by atoms with Gasteiger partial charge >= 0.3 is 0 Å². The molecule has 0 atom stereocenters. The van der Waals surface area contributed by atoms with E-state index in [0.717, 1.165) is 0 Å². The summed E-state index contributed by atoms with van der Waals surface area (Å²) in [7, 11) is 0. The first-order valence-electron chi connectivity index (χ1n) is 5.96. The van der Waals surface area contributed by atoms with Crippen LogP contribution < -0.4 is 5.43 Å². The fourth-order valence-electron chi connectivity index (χ4n) is 1.63. The summed E-state index contributed by atoms with van der Waals surface area (Å²) in [6.07, 6.45) is 0. The fraction of sp³-hybridized carbons (Fsp3) is 0.0667. The summed E-state index contributed by atoms with van der Waals surface area (Å²) in [6, 6.07) is 11.9. The van der Waals surface area contributed by atoms with Crippen LogP contribution in [0.4, 0.5) is 4.39 Å². The van der Waals surface area contributed by atoms with Gasteiger partial charge in [0.1, 0.15) is 11.6 Å². The lowest BCUT2D eigenvalue weighted by Gasteiger charge is -2.04. The van der Waals surface area contributed by atoms with Gasteiger partial charge in [-0.05, 0) is 37.3 Å². The average molecular weight is 272 g/mol. The Bertz CT molecular complexity index is 651. The number of aromatic hydroxyl groups is 1. The highest BCUT2D eigenvalue weighted by Gasteiger charge is 2.07. The standard InChI is InChI=1S/C15H13FN2O2/c1-10(13-4-2-3-5-14(13)16)17-18-15(20)11-6-8-12(19)9-7-11/h2-9,19H,1H3,(H,18,20)/b17-10+. The SMILES string of the molecule is C/C(=N\NC(=O)c1ccc(O)cc1)c1ccccc1F. The molecule has 2 rings (SSSR count). The van der Waals surface area contributed by atoms with Gasteiger partial charge in [0.15, 0.2) is 0 Å². The molecule has 0 aromatic heterocycles. The van der Waals surface area contributed by atoms with Crippen LogP contribution in [-0.4, -0.2) is 16.7 Å². The highest BCUT2D eigenvalue weighted by molar-refractivity contribution is 6.01. The normalized spacial score (nSPS) is 11.2. The van der Waals surface area contributed by atoms with Crippen LogP contribution in [0.3, 0.4) is 0 Å². The maximum atomic E-state index is 13.5. The molecule has 0 radical (unpaired) electrons. The second-order valence-corrected chi connectivity index (χ2v) is 4.16. The molecule has 2 N–H and O–H groups in total. The lowest BCUT2D eigenvalue weighted by Crippen LogP contribution is -2.19. The van der Waals surface area contributed by atoms with Gasteiger partial charge in [-0.25, -0.2) is 9.82 Å². The average Bonchev–Trinajstić information content (AvgIpc) is 2.45. The van der Waals surface area contributed by atoms with Crippen LogP contribution in [0.5, 0.6) is 5.75 Å². The summed E-state index contributed by atoms with van der Waals surface area (Å²) in [5, 5.41) is 13.0. The van der Waals surface area contributed by atoms with Crippen LogP contribution in [0, 0.1) is 5.82 Å². The van der Waals surface area contributed by atoms with Gasteiger partial charge in [0.25, 0.3) is 5.91 Å². The number of benzene rings is 2. The van der Waals surface area contributed by atoms with Gasteiger partial charge in [-0.1, -0.05) is 18.2 Å². The molecular weight excluding hydrogens is 259 g/mol. The van der Waals surface area contributed by atoms with Crippen molar-refractivity contribution >= 4 is 11.6 Å². The molecule has 102 valence electrons. The van der Waals surface area contributed by atoms with E-state index in [4.69, 9.17) is 5.11 Å². The molecule has 0 aliphatic rings. The number of hydrogen-bond acceptors (Lipinski definition) is 3. The Morgan fingerprint density at radius 1 is 1.15 bits per heavy atom. The molecule has 0 bridgehead atoms. The van der Waals surface area contributed by atoms with Crippen molar-refractivity contribution in [1.29, 1.82) is 0 Å². The van der Waals surface area contributed by atoms with E-state index < -0.39 is 11.7 Å². The van der Waals surface area contributed by atoms with Crippen LogP contribution in [0.2, 0.25) is 0 Å². The first kappa shape index (κ1) is 13.7. The molecule has 4 nitrogen and oxygen atoms in total. The van der Waals surface area contributed by atoms with Crippen LogP contribution in [0.1, 0.15) is 22.8 Å². The number of phenolic OH excluding ortho intramolecular Hbond substituents is 1. The summed E-state index contributed by atoms with van der Waals surface area (Å²) in [5.41, 5.74) is 3.40. The zero-order valence-corrected chi connectivity index (χ0v) is 10.8. The number of nitrogens with one attached hydrogen (secondary N) is 1. The number of rotatable bonds is 3. The number of carbonyl (C=O) groups excluding carboxylic acids is 1. The van der Waals surface area contributed by atoms with Crippen molar-refractivity contribution in [1.82, 2.24) is 5.43 Å². The number of phenols is 1. The topological polar surface area (TPSA) is 61.7 Å². The Morgan fingerprint density at radius 3 is 2.45 bits per heavy atom. The summed E-state index contributed by atoms with van der Waals surface area (Å²) in [6.45, 7) is 1.61. The maximum Gasteiger partial charge on any atom is 0.271 e. The van der Waals surface area contributed by atoms with Crippen LogP contribution >= 0.6 is 0 Å². The third kappa shape index (κ3) is 3.20. The van der Waals surface area contributed by atoms with Crippen molar-refractivity contribution < 1.29 is 14.3 Å². The second kappa shape index (κ2) is 5.97. The van der Waals surface area contributed by atoms with Crippen molar-refractivity contribution in [2.45, 2.75) is 6.92 Å². The van der Waals surface area contributed by atoms with Gasteiger partial charge in [0.05, 0.1) is 5.71 Å². The number of amides is 1. The molecule has 0 heterocycles. The van der Waals surface area contributed by atoms with Crippen molar-refractivity contribution in [3.05, 3.63) is 65.5 Å². The molecule has 0 aliphatic heterocycles. The van der Waals surface area contributed by atoms with Crippen LogP contribution in [0.25, 0.3) is 0 Å². The monoisotopic (exact) mass is 272 g/mol. The second-order valence-electron chi connectivity index (χ2n) is 4.16. The first-order valence-corrected chi connectivity index (χ1v) is 5.96. The molecule has 5 heteroatoms. The van der Waals surface area contributed by atoms with E-state index in [9.17, 15) is 9.18 Å². The quantitative estimate of drug-likeness (QED) is 0.666. The molecule has 0 saturated heterocycles. The predicted molar refractivity (Wildman–Crippen MR) is 74.2 cm³/mol. The maximum absolute atomic E-state index is 13.5. The molecule has 2 aromatic rings. The van der Waals surface area contributed by atoms with Gasteiger partial charge in [-0.3, -0.25) is 4.79 Å². The highest BCUT2D eigenvalue weighted by atomic mass is 19.1. The van der Waals surface area contributed by atoms with Gasteiger partial charge in [-0.2, -0.15) is 5.10 Å². The first-order chi connectivity index (χ1) is 9.58. The Morgan fingerprint density at radius 2 is 1.80 bits per heavy atom. The lowest BCUT2D eigenvalue weighted by atomic mass is 10.1. The molecule has 0 aliphatic carbocycles. The van der Waals surface area contributed by atoms with Crippen molar-refractivity contribution in [3.8, 4) is 5.75 Å². The number of hydrogen-bond donors (Lipinski definition) is 2. The van der Waals surface area contributed by atoms with Gasteiger partial charge in [0.2, 0.25) is 0 Å². The van der Waals surface area contributed by atoms with E-state index in [-0.39, 0.29) is 5.75 Å². The summed E-state index contributed by atoms with van der Waals surface area (Å²) in [5.74, 6) is -0.749. The van der Waals surface area contributed by atoms with Crippen molar-refractivity contribution in [3.63, 3.8) is 0 Å². The van der Waals surface area contributed by atoms with Crippen molar-refractivity contribution in [2.75, 3.05) is 0 Å². The van der Waals surface area contributed by atoms with E-state index in [1.807, 2.05) is 0 Å². The Kier molecular flexibility index (Phi) is 4.10. The van der Waals surface area contributed by atoms with Crippen LogP contribution in [-0.2, 0) is 0 Å². The summed E-state index contributed by atoms with van der Waals surface area (Å²) < 4.78 is 13.5. The Hall–Kier alpha value is -2.69. The summed E-state index contributed by atoms with van der Waals surface area (Å²) in [4.78, 5) is 11.8. The van der Waals surface area contributed by atoms with Crippen molar-refractivity contribution in [2.24, 2.45) is 5.10 Å². The van der Waals surface area contributed by atoms with E-state index in [1.165, 1.54) is 30.3 Å². The molecule has 0 saturated carbocycles. The minimum atomic E-state index is -0.430. The zero-order chi connectivity index (χ0) is 14.5. The highest BCUT2D eigenvalue weighted by Crippen LogP contribution is 2.10. The molecule has 0 spiro atoms. The number of carbonyl (C=O) groups is 1.